The molecule has 1 aromatic rings. The lowest BCUT2D eigenvalue weighted by Gasteiger charge is -2.39. The van der Waals surface area contributed by atoms with Crippen molar-refractivity contribution in [1.29, 1.82) is 0 Å². The molecule has 1 heterocycles. The van der Waals surface area contributed by atoms with Crippen molar-refractivity contribution >= 4 is 5.91 Å². The molecule has 0 bridgehead atoms. The van der Waals surface area contributed by atoms with Crippen LogP contribution in [0.1, 0.15) is 44.1 Å². The molecule has 1 unspecified atom stereocenters. The topological polar surface area (TPSA) is 72.8 Å². The Hall–Kier alpha value is -1.50. The van der Waals surface area contributed by atoms with Crippen LogP contribution in [0.5, 0.6) is 0 Å². The molecule has 0 aromatic heterocycles. The van der Waals surface area contributed by atoms with Crippen molar-refractivity contribution < 1.29 is 19.4 Å². The minimum atomic E-state index is -1.38. The highest BCUT2D eigenvalue weighted by Gasteiger charge is 2.42. The first-order valence-corrected chi connectivity index (χ1v) is 9.14. The van der Waals surface area contributed by atoms with E-state index in [1.54, 1.807) is 17.0 Å². The summed E-state index contributed by atoms with van der Waals surface area (Å²) in [5, 5.41) is 23.7. The molecule has 3 N–H and O–H groups in total. The Kier molecular flexibility index (Phi) is 5.71. The number of hydrogen-bond acceptors (Lipinski definition) is 4. The maximum absolute atomic E-state index is 13.0. The molecule has 0 spiro atoms. The van der Waals surface area contributed by atoms with Gasteiger partial charge in [0.1, 0.15) is 5.82 Å². The maximum atomic E-state index is 13.0. The molecule has 2 fully saturated rings. The molecule has 1 aliphatic carbocycles. The van der Waals surface area contributed by atoms with Gasteiger partial charge in [0.05, 0.1) is 6.10 Å². The number of carbonyl (C=O) groups excluding carboxylic acids is 1. The molecule has 1 atom stereocenters. The average molecular weight is 350 g/mol. The first-order chi connectivity index (χ1) is 12.0. The maximum Gasteiger partial charge on any atom is 0.256 e. The summed E-state index contributed by atoms with van der Waals surface area (Å²) in [7, 11) is 0. The number of aliphatic hydroxyl groups excluding tert-OH is 1. The first-order valence-electron chi connectivity index (χ1n) is 9.14. The van der Waals surface area contributed by atoms with Gasteiger partial charge in [0.15, 0.2) is 5.60 Å². The van der Waals surface area contributed by atoms with Crippen LogP contribution in [0.15, 0.2) is 24.3 Å². The fourth-order valence-corrected chi connectivity index (χ4v) is 3.78. The molecule has 6 heteroatoms. The van der Waals surface area contributed by atoms with Gasteiger partial charge >= 0.3 is 0 Å². The summed E-state index contributed by atoms with van der Waals surface area (Å²) >= 11 is 0. The van der Waals surface area contributed by atoms with E-state index >= 15 is 0 Å². The minimum Gasteiger partial charge on any atom is -0.393 e. The van der Waals surface area contributed by atoms with Crippen LogP contribution in [-0.4, -0.2) is 51.9 Å². The Morgan fingerprint density at radius 1 is 1.20 bits per heavy atom. The molecule has 0 radical (unpaired) electrons. The lowest BCUT2D eigenvalue weighted by molar-refractivity contribution is -0.157. The number of halogens is 1. The molecule has 1 aliphatic heterocycles. The van der Waals surface area contributed by atoms with Gasteiger partial charge in [-0.2, -0.15) is 0 Å². The van der Waals surface area contributed by atoms with Gasteiger partial charge in [0.25, 0.3) is 5.91 Å². The van der Waals surface area contributed by atoms with Gasteiger partial charge in [0, 0.05) is 25.7 Å². The highest BCUT2D eigenvalue weighted by Crippen LogP contribution is 2.25. The van der Waals surface area contributed by atoms with Crippen molar-refractivity contribution in [2.24, 2.45) is 0 Å². The van der Waals surface area contributed by atoms with E-state index in [1.807, 2.05) is 0 Å². The average Bonchev–Trinajstić information content (AvgIpc) is 2.61. The monoisotopic (exact) mass is 350 g/mol. The number of nitrogens with zero attached hydrogens (tertiary/aromatic N) is 1. The molecule has 138 valence electrons. The molecule has 2 aliphatic rings. The van der Waals surface area contributed by atoms with E-state index in [1.165, 1.54) is 12.1 Å². The van der Waals surface area contributed by atoms with E-state index in [9.17, 15) is 19.4 Å². The highest BCUT2D eigenvalue weighted by molar-refractivity contribution is 5.86. The van der Waals surface area contributed by atoms with Crippen LogP contribution in [-0.2, 0) is 11.3 Å². The quantitative estimate of drug-likeness (QED) is 0.754. The predicted molar refractivity (Wildman–Crippen MR) is 92.3 cm³/mol. The normalized spacial score (nSPS) is 30.5. The van der Waals surface area contributed by atoms with Gasteiger partial charge in [-0.15, -0.1) is 0 Å². The predicted octanol–water partition coefficient (Wildman–Crippen LogP) is 1.57. The smallest absolute Gasteiger partial charge is 0.256 e. The summed E-state index contributed by atoms with van der Waals surface area (Å²) in [5.74, 6) is -0.557. The van der Waals surface area contributed by atoms with E-state index in [4.69, 9.17) is 0 Å². The summed E-state index contributed by atoms with van der Waals surface area (Å²) in [4.78, 5) is 14.4. The Morgan fingerprint density at radius 3 is 2.56 bits per heavy atom. The van der Waals surface area contributed by atoms with Crippen molar-refractivity contribution in [3.8, 4) is 0 Å². The number of amides is 1. The van der Waals surface area contributed by atoms with E-state index in [-0.39, 0.29) is 30.4 Å². The van der Waals surface area contributed by atoms with Crippen LogP contribution in [0, 0.1) is 5.82 Å². The van der Waals surface area contributed by atoms with Gasteiger partial charge in [-0.25, -0.2) is 4.39 Å². The molecule has 1 saturated carbocycles. The molecule has 3 rings (SSSR count). The van der Waals surface area contributed by atoms with Crippen molar-refractivity contribution in [2.45, 2.75) is 62.8 Å². The van der Waals surface area contributed by atoms with E-state index < -0.39 is 5.60 Å². The van der Waals surface area contributed by atoms with Gasteiger partial charge in [0.2, 0.25) is 0 Å². The van der Waals surface area contributed by atoms with Crippen LogP contribution >= 0.6 is 0 Å². The lowest BCUT2D eigenvalue weighted by Crippen LogP contribution is -2.58. The fraction of sp³-hybridized carbons (Fsp3) is 0.632. The van der Waals surface area contributed by atoms with Gasteiger partial charge in [-0.1, -0.05) is 12.1 Å². The number of aliphatic hydroxyl groups is 2. The van der Waals surface area contributed by atoms with E-state index in [2.05, 4.69) is 5.32 Å². The number of carbonyl (C=O) groups is 1. The fourth-order valence-electron chi connectivity index (χ4n) is 3.78. The Balaban J connectivity index is 1.57. The third kappa shape index (κ3) is 4.57. The number of piperidine rings is 1. The number of hydrogen-bond donors (Lipinski definition) is 3. The summed E-state index contributed by atoms with van der Waals surface area (Å²) < 4.78 is 13.0. The number of nitrogens with one attached hydrogen (secondary N) is 1. The van der Waals surface area contributed by atoms with Crippen molar-refractivity contribution in [3.05, 3.63) is 35.6 Å². The van der Waals surface area contributed by atoms with Gasteiger partial charge < -0.3 is 20.4 Å². The van der Waals surface area contributed by atoms with Crippen molar-refractivity contribution in [2.75, 3.05) is 13.1 Å². The van der Waals surface area contributed by atoms with Crippen molar-refractivity contribution in [3.63, 3.8) is 0 Å². The second-order valence-corrected chi connectivity index (χ2v) is 7.37. The van der Waals surface area contributed by atoms with Crippen LogP contribution < -0.4 is 5.32 Å². The summed E-state index contributed by atoms with van der Waals surface area (Å²) in [6.45, 7) is 1.23. The molecule has 1 amide bonds. The van der Waals surface area contributed by atoms with E-state index in [0.717, 1.165) is 37.7 Å². The molecule has 1 aromatic carbocycles. The van der Waals surface area contributed by atoms with Gasteiger partial charge in [-0.05, 0) is 56.2 Å². The molecule has 25 heavy (non-hydrogen) atoms. The number of rotatable bonds is 5. The molecule has 5 nitrogen and oxygen atoms in total. The van der Waals surface area contributed by atoms with Crippen LogP contribution in [0.3, 0.4) is 0 Å². The van der Waals surface area contributed by atoms with Crippen LogP contribution in [0.4, 0.5) is 4.39 Å². The van der Waals surface area contributed by atoms with Gasteiger partial charge in [-0.3, -0.25) is 4.79 Å². The summed E-state index contributed by atoms with van der Waals surface area (Å²) in [6.07, 6.45) is 4.24. The molecular weight excluding hydrogens is 323 g/mol. The minimum absolute atomic E-state index is 0.219. The Morgan fingerprint density at radius 2 is 1.88 bits per heavy atom. The largest absolute Gasteiger partial charge is 0.393 e. The highest BCUT2D eigenvalue weighted by atomic mass is 19.1. The molecule has 1 saturated heterocycles. The number of likely N-dealkylation sites (tertiary alicyclic amines) is 1. The molecular formula is C19H27FN2O3. The second-order valence-electron chi connectivity index (χ2n) is 7.37. The third-order valence-electron chi connectivity index (χ3n) is 5.37. The Labute approximate surface area is 147 Å². The standard InChI is InChI=1S/C19H27FN2O3/c20-15-4-2-14(3-5-15)12-22-11-1-10-19(25,18(22)24)13-21-16-6-8-17(23)9-7-16/h2-5,16-17,21,23,25H,1,6-13H2. The third-order valence-corrected chi connectivity index (χ3v) is 5.37. The zero-order valence-electron chi connectivity index (χ0n) is 14.5. The SMILES string of the molecule is O=C1N(Cc2ccc(F)cc2)CCCC1(O)CNC1CCC(O)CC1. The lowest BCUT2D eigenvalue weighted by atomic mass is 9.89. The second kappa shape index (κ2) is 7.81. The van der Waals surface area contributed by atoms with Crippen LogP contribution in [0.25, 0.3) is 0 Å². The van der Waals surface area contributed by atoms with Crippen molar-refractivity contribution in [1.82, 2.24) is 10.2 Å². The first kappa shape index (κ1) is 18.3. The summed E-state index contributed by atoms with van der Waals surface area (Å²) in [5.41, 5.74) is -0.526. The number of benzene rings is 1. The zero-order chi connectivity index (χ0) is 17.9. The van der Waals surface area contributed by atoms with Crippen LogP contribution in [0.2, 0.25) is 0 Å². The van der Waals surface area contributed by atoms with E-state index in [0.29, 0.717) is 19.5 Å². The Bertz CT molecular complexity index is 587. The summed E-state index contributed by atoms with van der Waals surface area (Å²) in [6, 6.07) is 6.35. The zero-order valence-corrected chi connectivity index (χ0v) is 14.5.